The molecular weight excluding hydrogens is 345 g/mol. The number of amides is 2. The van der Waals surface area contributed by atoms with Crippen LogP contribution in [0, 0.1) is 0 Å². The zero-order chi connectivity index (χ0) is 19.2. The topological polar surface area (TPSA) is 58.2 Å². The van der Waals surface area contributed by atoms with Crippen LogP contribution in [0.2, 0.25) is 0 Å². The van der Waals surface area contributed by atoms with Crippen LogP contribution in [-0.2, 0) is 22.2 Å². The number of rotatable bonds is 5. The fraction of sp³-hybridized carbons (Fsp3) is 0.158. The number of alkyl halides is 3. The van der Waals surface area contributed by atoms with Crippen molar-refractivity contribution in [1.29, 1.82) is 0 Å². The number of hydrogen-bond acceptors (Lipinski definition) is 2. The molecule has 2 N–H and O–H groups in total. The van der Waals surface area contributed by atoms with Crippen LogP contribution >= 0.6 is 0 Å². The lowest BCUT2D eigenvalue weighted by molar-refractivity contribution is -0.137. The molecule has 0 spiro atoms. The van der Waals surface area contributed by atoms with Crippen molar-refractivity contribution in [3.05, 3.63) is 71.3 Å². The van der Waals surface area contributed by atoms with Crippen LogP contribution in [0.15, 0.2) is 54.6 Å². The van der Waals surface area contributed by atoms with Crippen LogP contribution in [0.25, 0.3) is 6.08 Å². The molecule has 0 saturated heterocycles. The normalized spacial score (nSPS) is 11.4. The van der Waals surface area contributed by atoms with E-state index in [1.165, 1.54) is 24.3 Å². The van der Waals surface area contributed by atoms with Crippen molar-refractivity contribution in [3.8, 4) is 0 Å². The molecule has 2 rings (SSSR count). The molecule has 2 amide bonds. The van der Waals surface area contributed by atoms with Gasteiger partial charge in [0.25, 0.3) is 0 Å². The summed E-state index contributed by atoms with van der Waals surface area (Å²) < 4.78 is 37.5. The van der Waals surface area contributed by atoms with Crippen molar-refractivity contribution in [1.82, 2.24) is 5.32 Å². The van der Waals surface area contributed by atoms with E-state index in [0.29, 0.717) is 11.3 Å². The van der Waals surface area contributed by atoms with Gasteiger partial charge in [0.15, 0.2) is 0 Å². The summed E-state index contributed by atoms with van der Waals surface area (Å²) in [6.45, 7) is 0. The van der Waals surface area contributed by atoms with Crippen LogP contribution in [0.5, 0.6) is 0 Å². The largest absolute Gasteiger partial charge is 0.416 e. The average molecular weight is 362 g/mol. The smallest absolute Gasteiger partial charge is 0.359 e. The SMILES string of the molecule is CNC(=O)Cc1ccc(NC(=O)/C=C/c2ccc(C(F)(F)F)cc2)cc1. The third-order valence-corrected chi connectivity index (χ3v) is 3.53. The number of carbonyl (C=O) groups excluding carboxylic acids is 2. The van der Waals surface area contributed by atoms with Crippen LogP contribution in [0.3, 0.4) is 0 Å². The van der Waals surface area contributed by atoms with Crippen LogP contribution in [0.4, 0.5) is 18.9 Å². The third kappa shape index (κ3) is 5.77. The summed E-state index contributed by atoms with van der Waals surface area (Å²) in [6, 6.07) is 11.3. The molecule has 7 heteroatoms. The number of halogens is 3. The predicted octanol–water partition coefficient (Wildman–Crippen LogP) is 3.65. The Hall–Kier alpha value is -3.09. The summed E-state index contributed by atoms with van der Waals surface area (Å²) >= 11 is 0. The Balaban J connectivity index is 1.93. The number of hydrogen-bond donors (Lipinski definition) is 2. The van der Waals surface area contributed by atoms with Gasteiger partial charge in [-0.15, -0.1) is 0 Å². The van der Waals surface area contributed by atoms with Gasteiger partial charge in [0.05, 0.1) is 12.0 Å². The van der Waals surface area contributed by atoms with E-state index in [1.54, 1.807) is 31.3 Å². The number of likely N-dealkylation sites (N-methyl/N-ethyl adjacent to an activating group) is 1. The Morgan fingerprint density at radius 3 is 2.15 bits per heavy atom. The van der Waals surface area contributed by atoms with Gasteiger partial charge in [-0.3, -0.25) is 9.59 Å². The maximum absolute atomic E-state index is 12.5. The molecule has 0 aromatic heterocycles. The van der Waals surface area contributed by atoms with E-state index in [9.17, 15) is 22.8 Å². The second-order valence-electron chi connectivity index (χ2n) is 5.49. The lowest BCUT2D eigenvalue weighted by Gasteiger charge is -2.06. The minimum absolute atomic E-state index is 0.110. The molecule has 0 heterocycles. The molecule has 4 nitrogen and oxygen atoms in total. The Bertz CT molecular complexity index is 795. The highest BCUT2D eigenvalue weighted by molar-refractivity contribution is 6.01. The quantitative estimate of drug-likeness (QED) is 0.798. The molecule has 0 aliphatic carbocycles. The van der Waals surface area contributed by atoms with Crippen LogP contribution in [-0.4, -0.2) is 18.9 Å². The molecule has 0 radical (unpaired) electrons. The van der Waals surface area contributed by atoms with Crippen molar-refractivity contribution in [3.63, 3.8) is 0 Å². The van der Waals surface area contributed by atoms with Crippen molar-refractivity contribution in [2.75, 3.05) is 12.4 Å². The first-order chi connectivity index (χ1) is 12.3. The minimum atomic E-state index is -4.39. The summed E-state index contributed by atoms with van der Waals surface area (Å²) in [5.74, 6) is -0.523. The second kappa shape index (κ2) is 8.33. The van der Waals surface area contributed by atoms with E-state index in [4.69, 9.17) is 0 Å². The summed E-state index contributed by atoms with van der Waals surface area (Å²) in [4.78, 5) is 23.2. The van der Waals surface area contributed by atoms with Gasteiger partial charge < -0.3 is 10.6 Å². The van der Waals surface area contributed by atoms with Crippen molar-refractivity contribution < 1.29 is 22.8 Å². The molecule has 0 saturated carbocycles. The van der Waals surface area contributed by atoms with E-state index in [2.05, 4.69) is 10.6 Å². The third-order valence-electron chi connectivity index (χ3n) is 3.53. The van der Waals surface area contributed by atoms with Crippen LogP contribution in [0.1, 0.15) is 16.7 Å². The lowest BCUT2D eigenvalue weighted by Crippen LogP contribution is -2.19. The Labute approximate surface area is 148 Å². The van der Waals surface area contributed by atoms with E-state index in [0.717, 1.165) is 17.7 Å². The summed E-state index contributed by atoms with van der Waals surface area (Å²) in [6.07, 6.45) is -1.47. The second-order valence-corrected chi connectivity index (χ2v) is 5.49. The van der Waals surface area contributed by atoms with Crippen LogP contribution < -0.4 is 10.6 Å². The van der Waals surface area contributed by atoms with Crippen molar-refractivity contribution in [2.24, 2.45) is 0 Å². The fourth-order valence-electron chi connectivity index (χ4n) is 2.12. The maximum atomic E-state index is 12.5. The van der Waals surface area contributed by atoms with E-state index in [-0.39, 0.29) is 12.3 Å². The van der Waals surface area contributed by atoms with Gasteiger partial charge in [0, 0.05) is 18.8 Å². The summed E-state index contributed by atoms with van der Waals surface area (Å²) in [5, 5.41) is 5.16. The molecule has 0 fully saturated rings. The zero-order valence-electron chi connectivity index (χ0n) is 13.9. The highest BCUT2D eigenvalue weighted by Crippen LogP contribution is 2.29. The van der Waals surface area contributed by atoms with Gasteiger partial charge >= 0.3 is 6.18 Å². The number of carbonyl (C=O) groups is 2. The molecular formula is C19H17F3N2O2. The zero-order valence-corrected chi connectivity index (χ0v) is 13.9. The predicted molar refractivity (Wildman–Crippen MR) is 93.3 cm³/mol. The van der Waals surface area contributed by atoms with Gasteiger partial charge in [-0.2, -0.15) is 13.2 Å². The molecule has 26 heavy (non-hydrogen) atoms. The Kier molecular flexibility index (Phi) is 6.16. The van der Waals surface area contributed by atoms with Crippen molar-refractivity contribution in [2.45, 2.75) is 12.6 Å². The Morgan fingerprint density at radius 1 is 1.00 bits per heavy atom. The molecule has 0 unspecified atom stereocenters. The molecule has 0 aliphatic rings. The van der Waals surface area contributed by atoms with Gasteiger partial charge in [0.1, 0.15) is 0 Å². The van der Waals surface area contributed by atoms with Gasteiger partial charge in [-0.25, -0.2) is 0 Å². The first-order valence-electron chi connectivity index (χ1n) is 7.74. The molecule has 0 aliphatic heterocycles. The highest BCUT2D eigenvalue weighted by Gasteiger charge is 2.29. The minimum Gasteiger partial charge on any atom is -0.359 e. The molecule has 136 valence electrons. The highest BCUT2D eigenvalue weighted by atomic mass is 19.4. The maximum Gasteiger partial charge on any atom is 0.416 e. The van der Waals surface area contributed by atoms with Crippen molar-refractivity contribution >= 4 is 23.6 Å². The number of anilines is 1. The number of nitrogens with one attached hydrogen (secondary N) is 2. The lowest BCUT2D eigenvalue weighted by atomic mass is 10.1. The van der Waals surface area contributed by atoms with Gasteiger partial charge in [-0.05, 0) is 41.5 Å². The molecule has 0 bridgehead atoms. The number of benzene rings is 2. The van der Waals surface area contributed by atoms with E-state index in [1.807, 2.05) is 0 Å². The summed E-state index contributed by atoms with van der Waals surface area (Å²) in [5.41, 5.74) is 1.10. The van der Waals surface area contributed by atoms with E-state index >= 15 is 0 Å². The molecule has 0 atom stereocenters. The van der Waals surface area contributed by atoms with Gasteiger partial charge in [0.2, 0.25) is 11.8 Å². The summed E-state index contributed by atoms with van der Waals surface area (Å²) in [7, 11) is 1.56. The monoisotopic (exact) mass is 362 g/mol. The van der Waals surface area contributed by atoms with Gasteiger partial charge in [-0.1, -0.05) is 24.3 Å². The average Bonchev–Trinajstić information content (AvgIpc) is 2.61. The molecule has 2 aromatic rings. The van der Waals surface area contributed by atoms with E-state index < -0.39 is 17.6 Å². The molecule has 2 aromatic carbocycles. The Morgan fingerprint density at radius 2 is 1.62 bits per heavy atom. The standard InChI is InChI=1S/C19H17F3N2O2/c1-23-18(26)12-14-4-9-16(10-5-14)24-17(25)11-6-13-2-7-15(8-3-13)19(20,21)22/h2-11H,12H2,1H3,(H,23,26)(H,24,25)/b11-6+. The first kappa shape index (κ1) is 19.2. The first-order valence-corrected chi connectivity index (χ1v) is 7.74. The fourth-order valence-corrected chi connectivity index (χ4v) is 2.12.